The molecular formula is C21H24F6N4O5. The van der Waals surface area contributed by atoms with Crippen molar-refractivity contribution >= 4 is 22.8 Å². The van der Waals surface area contributed by atoms with Crippen LogP contribution in [-0.2, 0) is 0 Å². The Morgan fingerprint density at radius 3 is 2.25 bits per heavy atom. The maximum atomic E-state index is 13.3. The van der Waals surface area contributed by atoms with Crippen molar-refractivity contribution in [3.63, 3.8) is 0 Å². The minimum absolute atomic E-state index is 0.213. The Morgan fingerprint density at radius 1 is 1.14 bits per heavy atom. The number of nitrogens with one attached hydrogen (secondary N) is 1. The Kier molecular flexibility index (Phi) is 8.38. The molecule has 0 spiro atoms. The molecule has 9 nitrogen and oxygen atoms in total. The van der Waals surface area contributed by atoms with Gasteiger partial charge < -0.3 is 5.11 Å². The summed E-state index contributed by atoms with van der Waals surface area (Å²) in [6.45, 7) is 3.80. The summed E-state index contributed by atoms with van der Waals surface area (Å²) in [7, 11) is 0. The van der Waals surface area contributed by atoms with Crippen molar-refractivity contribution in [2.24, 2.45) is 16.4 Å². The van der Waals surface area contributed by atoms with Crippen LogP contribution in [0.1, 0.15) is 46.0 Å². The molecule has 0 aromatic heterocycles. The first kappa shape index (κ1) is 29.0. The lowest BCUT2D eigenvalue weighted by molar-refractivity contribution is -0.393. The number of alkyl halides is 6. The number of nitrogens with zero attached hydrogens (tertiary/aromatic N) is 3. The van der Waals surface area contributed by atoms with Gasteiger partial charge in [0, 0.05) is 12.5 Å². The van der Waals surface area contributed by atoms with Gasteiger partial charge in [-0.1, -0.05) is 32.8 Å². The number of nitro benzene ring substituents is 2. The van der Waals surface area contributed by atoms with Crippen LogP contribution in [-0.4, -0.2) is 38.6 Å². The van der Waals surface area contributed by atoms with E-state index >= 15 is 0 Å². The molecule has 1 fully saturated rings. The molecule has 1 atom stereocenters. The number of nitro groups is 2. The molecule has 1 saturated carbocycles. The largest absolute Gasteiger partial charge is 0.426 e. The number of hydrogen-bond donors (Lipinski definition) is 2. The highest BCUT2D eigenvalue weighted by molar-refractivity contribution is 5.96. The first-order valence-electron chi connectivity index (χ1n) is 10.7. The fraction of sp³-hybridized carbons (Fsp3) is 0.571. The van der Waals surface area contributed by atoms with Crippen LogP contribution in [0.2, 0.25) is 0 Å². The van der Waals surface area contributed by atoms with Crippen LogP contribution in [0, 0.1) is 31.6 Å². The molecule has 1 aromatic rings. The van der Waals surface area contributed by atoms with Gasteiger partial charge in [-0.25, -0.2) is 0 Å². The first-order chi connectivity index (χ1) is 16.4. The monoisotopic (exact) mass is 526 g/mol. The van der Waals surface area contributed by atoms with Crippen molar-refractivity contribution in [1.29, 1.82) is 0 Å². The molecule has 0 radical (unpaired) electrons. The van der Waals surface area contributed by atoms with Crippen molar-refractivity contribution in [2.45, 2.75) is 63.9 Å². The summed E-state index contributed by atoms with van der Waals surface area (Å²) in [6, 6.07) is 2.23. The molecule has 1 aliphatic rings. The molecule has 1 aliphatic carbocycles. The maximum absolute atomic E-state index is 13.3. The molecule has 0 bridgehead atoms. The van der Waals surface area contributed by atoms with E-state index in [1.165, 1.54) is 6.08 Å². The van der Waals surface area contributed by atoms with Crippen LogP contribution < -0.4 is 5.43 Å². The van der Waals surface area contributed by atoms with Crippen LogP contribution >= 0.6 is 0 Å². The predicted octanol–water partition coefficient (Wildman–Crippen LogP) is 6.29. The number of hydrogen-bond acceptors (Lipinski definition) is 7. The third-order valence-corrected chi connectivity index (χ3v) is 6.19. The Morgan fingerprint density at radius 2 is 1.75 bits per heavy atom. The lowest BCUT2D eigenvalue weighted by atomic mass is 9.69. The number of anilines is 1. The summed E-state index contributed by atoms with van der Waals surface area (Å²) in [5, 5.41) is 35.3. The zero-order valence-corrected chi connectivity index (χ0v) is 19.2. The Hall–Kier alpha value is -3.23. The summed E-state index contributed by atoms with van der Waals surface area (Å²) >= 11 is 0. The van der Waals surface area contributed by atoms with Crippen molar-refractivity contribution in [3.05, 3.63) is 50.6 Å². The van der Waals surface area contributed by atoms with Crippen molar-refractivity contribution in [1.82, 2.24) is 0 Å². The molecule has 0 amide bonds. The second-order valence-electron chi connectivity index (χ2n) is 9.16. The van der Waals surface area contributed by atoms with E-state index < -0.39 is 57.0 Å². The maximum Gasteiger partial charge on any atom is 0.426 e. The van der Waals surface area contributed by atoms with Gasteiger partial charge in [-0.05, 0) is 36.3 Å². The molecule has 15 heteroatoms. The smallest absolute Gasteiger partial charge is 0.373 e. The molecule has 0 unspecified atom stereocenters. The van der Waals surface area contributed by atoms with Gasteiger partial charge in [-0.3, -0.25) is 25.7 Å². The number of halogens is 6. The minimum atomic E-state index is -6.11. The van der Waals surface area contributed by atoms with Gasteiger partial charge in [0.15, 0.2) is 0 Å². The molecule has 2 rings (SSSR count). The minimum Gasteiger partial charge on any atom is -0.373 e. The van der Waals surface area contributed by atoms with Gasteiger partial charge in [-0.15, -0.1) is 0 Å². The van der Waals surface area contributed by atoms with Crippen LogP contribution in [0.4, 0.5) is 43.4 Å². The van der Waals surface area contributed by atoms with Gasteiger partial charge >= 0.3 is 18.0 Å². The third-order valence-electron chi connectivity index (χ3n) is 6.19. The Bertz CT molecular complexity index is 1040. The molecule has 0 saturated heterocycles. The van der Waals surface area contributed by atoms with Crippen molar-refractivity contribution in [3.8, 4) is 0 Å². The fourth-order valence-electron chi connectivity index (χ4n) is 3.88. The molecule has 0 heterocycles. The predicted molar refractivity (Wildman–Crippen MR) is 117 cm³/mol. The zero-order chi connectivity index (χ0) is 27.5. The van der Waals surface area contributed by atoms with E-state index in [9.17, 15) is 51.7 Å². The van der Waals surface area contributed by atoms with Gasteiger partial charge in [0.2, 0.25) is 0 Å². The number of benzene rings is 1. The quantitative estimate of drug-likeness (QED) is 0.177. The van der Waals surface area contributed by atoms with Crippen molar-refractivity contribution in [2.75, 3.05) is 5.43 Å². The van der Waals surface area contributed by atoms with Crippen LogP contribution in [0.5, 0.6) is 0 Å². The zero-order valence-electron chi connectivity index (χ0n) is 19.2. The summed E-state index contributed by atoms with van der Waals surface area (Å²) < 4.78 is 79.9. The van der Waals surface area contributed by atoms with Gasteiger partial charge in [0.25, 0.3) is 11.3 Å². The van der Waals surface area contributed by atoms with E-state index in [4.69, 9.17) is 0 Å². The number of rotatable bonds is 8. The molecule has 2 N–H and O–H groups in total. The normalized spacial score (nSPS) is 19.4. The van der Waals surface area contributed by atoms with E-state index in [2.05, 4.69) is 5.10 Å². The van der Waals surface area contributed by atoms with Gasteiger partial charge in [-0.2, -0.15) is 31.4 Å². The Balaban J connectivity index is 2.53. The SMILES string of the molecule is CC1(C)CCCC[C@@H]1/C=C/C(CC(O)(C(F)(F)F)C(F)(F)F)=N\Nc1ccc([N+](=O)[O-])cc1[N+](=O)[O-]. The second-order valence-corrected chi connectivity index (χ2v) is 9.16. The summed E-state index contributed by atoms with van der Waals surface area (Å²) in [5.74, 6) is -0.213. The van der Waals surface area contributed by atoms with Crippen LogP contribution in [0.3, 0.4) is 0 Å². The first-order valence-corrected chi connectivity index (χ1v) is 10.7. The highest BCUT2D eigenvalue weighted by Gasteiger charge is 2.70. The fourth-order valence-corrected chi connectivity index (χ4v) is 3.88. The molecule has 36 heavy (non-hydrogen) atoms. The molecule has 200 valence electrons. The lowest BCUT2D eigenvalue weighted by Crippen LogP contribution is -2.57. The van der Waals surface area contributed by atoms with E-state index in [1.54, 1.807) is 0 Å². The molecular weight excluding hydrogens is 502 g/mol. The Labute approximate surface area is 201 Å². The summed E-state index contributed by atoms with van der Waals surface area (Å²) in [6.07, 6.45) is -8.80. The highest BCUT2D eigenvalue weighted by atomic mass is 19.4. The van der Waals surface area contributed by atoms with Crippen LogP contribution in [0.15, 0.2) is 35.5 Å². The van der Waals surface area contributed by atoms with E-state index in [1.807, 2.05) is 19.3 Å². The summed E-state index contributed by atoms with van der Waals surface area (Å²) in [4.78, 5) is 20.2. The standard InChI is InChI=1S/C21H24F6N4O5/c1-18(2)10-4-3-5-13(18)6-7-14(12-19(32,20(22,23)24)21(25,26)27)28-29-16-9-8-15(30(33)34)11-17(16)31(35)36/h6-9,11,13,29,32H,3-5,10,12H2,1-2H3/b7-6+,28-14+/t13-/m1/s1. The van der Waals surface area contributed by atoms with Gasteiger partial charge in [0.1, 0.15) is 5.69 Å². The van der Waals surface area contributed by atoms with Gasteiger partial charge in [0.05, 0.1) is 21.6 Å². The van der Waals surface area contributed by atoms with E-state index in [0.29, 0.717) is 12.5 Å². The second kappa shape index (κ2) is 10.4. The third kappa shape index (κ3) is 6.50. The topological polar surface area (TPSA) is 131 Å². The summed E-state index contributed by atoms with van der Waals surface area (Å²) in [5.41, 5.74) is -6.37. The number of hydrazone groups is 1. The molecule has 0 aliphatic heterocycles. The lowest BCUT2D eigenvalue weighted by Gasteiger charge is -2.37. The van der Waals surface area contributed by atoms with Crippen LogP contribution in [0.25, 0.3) is 0 Å². The average Bonchev–Trinajstić information content (AvgIpc) is 2.74. The number of aliphatic hydroxyl groups is 1. The van der Waals surface area contributed by atoms with Crippen molar-refractivity contribution < 1.29 is 41.3 Å². The highest BCUT2D eigenvalue weighted by Crippen LogP contribution is 2.46. The van der Waals surface area contributed by atoms with E-state index in [-0.39, 0.29) is 11.3 Å². The molecule has 1 aromatic carbocycles. The number of non-ortho nitro benzene ring substituents is 1. The van der Waals surface area contributed by atoms with E-state index in [0.717, 1.165) is 37.5 Å². The average molecular weight is 526 g/mol. The number of allylic oxidation sites excluding steroid dienone is 2.